The standard InChI is InChI=1S/C23H25N5O2/c1-29-11-12-30-18-8-10-28-21(15-25-22(28)13-18)19-6-5-16-3-2-4-20(23(16)27-19)26-17-7-9-24-14-17/h2-6,8,10,13,15,17,24,26H,7,9,11-12,14H2,1H3. The van der Waals surface area contributed by atoms with Gasteiger partial charge in [0.2, 0.25) is 0 Å². The number of aromatic nitrogens is 3. The second-order valence-electron chi connectivity index (χ2n) is 7.48. The maximum absolute atomic E-state index is 5.70. The number of rotatable bonds is 7. The summed E-state index contributed by atoms with van der Waals surface area (Å²) >= 11 is 0. The number of ether oxygens (including phenoxy) is 2. The Balaban J connectivity index is 1.48. The number of anilines is 1. The Labute approximate surface area is 175 Å². The van der Waals surface area contributed by atoms with E-state index in [1.54, 1.807) is 7.11 Å². The Kier molecular flexibility index (Phi) is 5.21. The Bertz CT molecular complexity index is 1170. The lowest BCUT2D eigenvalue weighted by molar-refractivity contribution is 0.146. The van der Waals surface area contributed by atoms with Gasteiger partial charge in [-0.15, -0.1) is 0 Å². The first-order valence-electron chi connectivity index (χ1n) is 10.3. The molecule has 1 aromatic carbocycles. The van der Waals surface area contributed by atoms with E-state index >= 15 is 0 Å². The quantitative estimate of drug-likeness (QED) is 0.461. The van der Waals surface area contributed by atoms with E-state index in [-0.39, 0.29) is 0 Å². The highest BCUT2D eigenvalue weighted by atomic mass is 16.5. The van der Waals surface area contributed by atoms with Gasteiger partial charge in [-0.3, -0.25) is 4.40 Å². The Morgan fingerprint density at radius 2 is 2.17 bits per heavy atom. The third kappa shape index (κ3) is 3.69. The molecule has 2 N–H and O–H groups in total. The number of pyridine rings is 2. The van der Waals surface area contributed by atoms with Crippen LogP contribution in [-0.4, -0.2) is 53.8 Å². The molecule has 1 atom stereocenters. The van der Waals surface area contributed by atoms with E-state index in [1.807, 2.05) is 28.9 Å². The Morgan fingerprint density at radius 3 is 3.03 bits per heavy atom. The number of para-hydroxylation sites is 1. The van der Waals surface area contributed by atoms with E-state index in [0.717, 1.165) is 58.9 Å². The fraction of sp³-hybridized carbons (Fsp3) is 0.304. The highest BCUT2D eigenvalue weighted by Gasteiger charge is 2.16. The lowest BCUT2D eigenvalue weighted by Crippen LogP contribution is -2.22. The van der Waals surface area contributed by atoms with Gasteiger partial charge in [-0.25, -0.2) is 9.97 Å². The second-order valence-corrected chi connectivity index (χ2v) is 7.48. The molecule has 4 heterocycles. The van der Waals surface area contributed by atoms with E-state index in [1.165, 1.54) is 0 Å². The molecule has 0 saturated carbocycles. The second kappa shape index (κ2) is 8.30. The van der Waals surface area contributed by atoms with Gasteiger partial charge in [0.05, 0.1) is 35.4 Å². The number of nitrogens with one attached hydrogen (secondary N) is 2. The molecule has 5 rings (SSSR count). The summed E-state index contributed by atoms with van der Waals surface area (Å²) in [5.41, 5.74) is 4.72. The minimum atomic E-state index is 0.438. The van der Waals surface area contributed by atoms with E-state index in [2.05, 4.69) is 45.9 Å². The van der Waals surface area contributed by atoms with E-state index in [9.17, 15) is 0 Å². The van der Waals surface area contributed by atoms with Crippen molar-refractivity contribution in [2.45, 2.75) is 12.5 Å². The third-order valence-corrected chi connectivity index (χ3v) is 5.44. The van der Waals surface area contributed by atoms with Gasteiger partial charge in [-0.1, -0.05) is 18.2 Å². The Hall–Kier alpha value is -3.16. The van der Waals surface area contributed by atoms with Crippen molar-refractivity contribution in [3.8, 4) is 17.1 Å². The molecule has 0 aliphatic carbocycles. The molecule has 0 spiro atoms. The monoisotopic (exact) mass is 403 g/mol. The van der Waals surface area contributed by atoms with Crippen molar-refractivity contribution < 1.29 is 9.47 Å². The summed E-state index contributed by atoms with van der Waals surface area (Å²) in [6.45, 7) is 3.11. The van der Waals surface area contributed by atoms with Crippen LogP contribution in [0, 0.1) is 0 Å². The van der Waals surface area contributed by atoms with Crippen LogP contribution in [0.5, 0.6) is 5.75 Å². The average Bonchev–Trinajstić information content (AvgIpc) is 3.43. The summed E-state index contributed by atoms with van der Waals surface area (Å²) < 4.78 is 12.8. The molecule has 154 valence electrons. The van der Waals surface area contributed by atoms with Crippen LogP contribution in [-0.2, 0) is 4.74 Å². The van der Waals surface area contributed by atoms with Crippen LogP contribution < -0.4 is 15.4 Å². The van der Waals surface area contributed by atoms with Crippen LogP contribution in [0.2, 0.25) is 0 Å². The first-order valence-corrected chi connectivity index (χ1v) is 10.3. The van der Waals surface area contributed by atoms with Gasteiger partial charge in [-0.2, -0.15) is 0 Å². The molecule has 1 saturated heterocycles. The van der Waals surface area contributed by atoms with Gasteiger partial charge in [-0.05, 0) is 31.2 Å². The molecule has 1 fully saturated rings. The number of fused-ring (bicyclic) bond motifs is 2. The van der Waals surface area contributed by atoms with Crippen LogP contribution in [0.3, 0.4) is 0 Å². The first-order chi connectivity index (χ1) is 14.8. The molecule has 0 radical (unpaired) electrons. The zero-order valence-corrected chi connectivity index (χ0v) is 17.0. The van der Waals surface area contributed by atoms with E-state index < -0.39 is 0 Å². The van der Waals surface area contributed by atoms with Crippen molar-refractivity contribution >= 4 is 22.2 Å². The van der Waals surface area contributed by atoms with Crippen LogP contribution in [0.15, 0.2) is 54.9 Å². The normalized spacial score (nSPS) is 16.4. The van der Waals surface area contributed by atoms with Crippen LogP contribution >= 0.6 is 0 Å². The van der Waals surface area contributed by atoms with Gasteiger partial charge >= 0.3 is 0 Å². The minimum Gasteiger partial charge on any atom is -0.491 e. The highest BCUT2D eigenvalue weighted by molar-refractivity contribution is 5.92. The zero-order chi connectivity index (χ0) is 20.3. The van der Waals surface area contributed by atoms with Crippen LogP contribution in [0.25, 0.3) is 27.9 Å². The average molecular weight is 403 g/mol. The number of hydrogen-bond acceptors (Lipinski definition) is 6. The third-order valence-electron chi connectivity index (χ3n) is 5.44. The van der Waals surface area contributed by atoms with Crippen molar-refractivity contribution in [3.63, 3.8) is 0 Å². The first kappa shape index (κ1) is 18.8. The van der Waals surface area contributed by atoms with Gasteiger partial charge in [0.25, 0.3) is 0 Å². The molecule has 4 aromatic rings. The van der Waals surface area contributed by atoms with Crippen molar-refractivity contribution in [1.82, 2.24) is 19.7 Å². The van der Waals surface area contributed by atoms with Gasteiger partial charge in [0.15, 0.2) is 0 Å². The summed E-state index contributed by atoms with van der Waals surface area (Å²) in [5, 5.41) is 8.18. The minimum absolute atomic E-state index is 0.438. The number of imidazole rings is 1. The molecular weight excluding hydrogens is 378 g/mol. The molecule has 0 bridgehead atoms. The van der Waals surface area contributed by atoms with Crippen molar-refractivity contribution in [2.24, 2.45) is 0 Å². The fourth-order valence-electron chi connectivity index (χ4n) is 3.89. The molecule has 7 heteroatoms. The smallest absolute Gasteiger partial charge is 0.140 e. The summed E-state index contributed by atoms with van der Waals surface area (Å²) in [6.07, 6.45) is 4.96. The fourth-order valence-corrected chi connectivity index (χ4v) is 3.89. The Morgan fingerprint density at radius 1 is 1.20 bits per heavy atom. The maximum atomic E-state index is 5.70. The predicted octanol–water partition coefficient (Wildman–Crippen LogP) is 3.35. The SMILES string of the molecule is COCCOc1ccn2c(-c3ccc4cccc(NC5CCNC5)c4n3)cnc2c1. The topological polar surface area (TPSA) is 72.7 Å². The summed E-state index contributed by atoms with van der Waals surface area (Å²) in [6, 6.07) is 14.8. The lowest BCUT2D eigenvalue weighted by Gasteiger charge is -2.15. The van der Waals surface area contributed by atoms with E-state index in [4.69, 9.17) is 14.5 Å². The number of hydrogen-bond donors (Lipinski definition) is 2. The molecule has 7 nitrogen and oxygen atoms in total. The summed E-state index contributed by atoms with van der Waals surface area (Å²) in [7, 11) is 1.66. The predicted molar refractivity (Wildman–Crippen MR) is 118 cm³/mol. The van der Waals surface area contributed by atoms with Gasteiger partial charge < -0.3 is 20.1 Å². The lowest BCUT2D eigenvalue weighted by atomic mass is 10.1. The van der Waals surface area contributed by atoms with Crippen LogP contribution in [0.1, 0.15) is 6.42 Å². The van der Waals surface area contributed by atoms with Crippen molar-refractivity contribution in [2.75, 3.05) is 38.7 Å². The van der Waals surface area contributed by atoms with Gasteiger partial charge in [0.1, 0.15) is 18.0 Å². The number of benzene rings is 1. The van der Waals surface area contributed by atoms with Crippen molar-refractivity contribution in [3.05, 3.63) is 54.9 Å². The summed E-state index contributed by atoms with van der Waals surface area (Å²) in [4.78, 5) is 9.56. The summed E-state index contributed by atoms with van der Waals surface area (Å²) in [5.74, 6) is 0.778. The number of methoxy groups -OCH3 is 1. The molecule has 1 unspecified atom stereocenters. The maximum Gasteiger partial charge on any atom is 0.140 e. The number of nitrogens with zero attached hydrogens (tertiary/aromatic N) is 3. The largest absolute Gasteiger partial charge is 0.491 e. The van der Waals surface area contributed by atoms with Crippen molar-refractivity contribution in [1.29, 1.82) is 0 Å². The molecule has 3 aromatic heterocycles. The van der Waals surface area contributed by atoms with Crippen LogP contribution in [0.4, 0.5) is 5.69 Å². The molecular formula is C23H25N5O2. The molecule has 30 heavy (non-hydrogen) atoms. The van der Waals surface area contributed by atoms with Gasteiger partial charge in [0, 0.05) is 37.3 Å². The molecule has 1 aliphatic rings. The zero-order valence-electron chi connectivity index (χ0n) is 17.0. The van der Waals surface area contributed by atoms with E-state index in [0.29, 0.717) is 19.3 Å². The highest BCUT2D eigenvalue weighted by Crippen LogP contribution is 2.28. The molecule has 1 aliphatic heterocycles. The molecule has 0 amide bonds.